The molecule has 3 heteroatoms. The Kier molecular flexibility index (Phi) is 5.16. The third kappa shape index (κ3) is 3.59. The summed E-state index contributed by atoms with van der Waals surface area (Å²) in [6.07, 6.45) is 0.887. The van der Waals surface area contributed by atoms with Crippen molar-refractivity contribution in [1.82, 2.24) is 5.32 Å². The highest BCUT2D eigenvalue weighted by Gasteiger charge is 2.15. The zero-order valence-corrected chi connectivity index (χ0v) is 12.5. The lowest BCUT2D eigenvalue weighted by molar-refractivity contribution is 0.454. The van der Waals surface area contributed by atoms with Crippen LogP contribution in [-0.2, 0) is 0 Å². The Morgan fingerprint density at radius 2 is 1.90 bits per heavy atom. The van der Waals surface area contributed by atoms with Crippen molar-refractivity contribution in [2.45, 2.75) is 32.4 Å². The summed E-state index contributed by atoms with van der Waals surface area (Å²) in [6.45, 7) is 4.16. The average molecular weight is 292 g/mol. The van der Waals surface area contributed by atoms with Crippen molar-refractivity contribution in [3.63, 3.8) is 0 Å². The molecule has 2 aromatic rings. The van der Waals surface area contributed by atoms with Crippen molar-refractivity contribution in [2.75, 3.05) is 0 Å². The lowest BCUT2D eigenvalue weighted by Gasteiger charge is -2.23. The monoisotopic (exact) mass is 291 g/mol. The van der Waals surface area contributed by atoms with Crippen LogP contribution in [0.3, 0.4) is 0 Å². The molecule has 0 bridgehead atoms. The van der Waals surface area contributed by atoms with Crippen LogP contribution < -0.4 is 5.32 Å². The molecule has 2 atom stereocenters. The van der Waals surface area contributed by atoms with Crippen LogP contribution >= 0.6 is 11.6 Å². The third-order valence-corrected chi connectivity index (χ3v) is 3.83. The molecule has 0 aromatic heterocycles. The van der Waals surface area contributed by atoms with Crippen molar-refractivity contribution < 1.29 is 4.39 Å². The molecule has 0 radical (unpaired) electrons. The zero-order valence-electron chi connectivity index (χ0n) is 11.7. The molecule has 106 valence electrons. The van der Waals surface area contributed by atoms with Crippen LogP contribution in [0.2, 0.25) is 5.02 Å². The molecule has 1 unspecified atom stereocenters. The van der Waals surface area contributed by atoms with Crippen LogP contribution in [0.4, 0.5) is 4.39 Å². The molecule has 0 aliphatic heterocycles. The van der Waals surface area contributed by atoms with Gasteiger partial charge in [-0.05, 0) is 42.7 Å². The van der Waals surface area contributed by atoms with Gasteiger partial charge in [-0.15, -0.1) is 0 Å². The van der Waals surface area contributed by atoms with Gasteiger partial charge in [0.05, 0.1) is 0 Å². The number of nitrogens with one attached hydrogen (secondary N) is 1. The largest absolute Gasteiger partial charge is 0.303 e. The minimum absolute atomic E-state index is 0.108. The van der Waals surface area contributed by atoms with Gasteiger partial charge in [-0.2, -0.15) is 0 Å². The van der Waals surface area contributed by atoms with Crippen LogP contribution in [0.25, 0.3) is 0 Å². The van der Waals surface area contributed by atoms with Gasteiger partial charge in [0.1, 0.15) is 5.82 Å². The van der Waals surface area contributed by atoms with Crippen molar-refractivity contribution in [3.05, 3.63) is 70.5 Å². The maximum Gasteiger partial charge on any atom is 0.123 e. The summed E-state index contributed by atoms with van der Waals surface area (Å²) >= 11 is 6.22. The van der Waals surface area contributed by atoms with E-state index in [-0.39, 0.29) is 17.9 Å². The van der Waals surface area contributed by atoms with Crippen LogP contribution in [0.1, 0.15) is 43.5 Å². The van der Waals surface area contributed by atoms with Gasteiger partial charge in [0, 0.05) is 17.1 Å². The highest BCUT2D eigenvalue weighted by molar-refractivity contribution is 6.31. The summed E-state index contributed by atoms with van der Waals surface area (Å²) in [4.78, 5) is 0. The quantitative estimate of drug-likeness (QED) is 0.790. The average Bonchev–Trinajstić information content (AvgIpc) is 2.45. The molecule has 0 fully saturated rings. The first-order valence-electron chi connectivity index (χ1n) is 6.87. The van der Waals surface area contributed by atoms with E-state index in [1.807, 2.05) is 30.3 Å². The fourth-order valence-electron chi connectivity index (χ4n) is 2.39. The van der Waals surface area contributed by atoms with E-state index < -0.39 is 0 Å². The standard InChI is InChI=1S/C17H19ClFN/c1-3-17(13-7-6-8-14(19)11-13)20-12(2)15-9-4-5-10-16(15)18/h4-12,17,20H,3H2,1-2H3/t12-,17?/m0/s1. The second-order valence-electron chi connectivity index (χ2n) is 4.93. The normalized spacial score (nSPS) is 14.0. The van der Waals surface area contributed by atoms with E-state index in [0.717, 1.165) is 22.6 Å². The van der Waals surface area contributed by atoms with E-state index in [1.165, 1.54) is 6.07 Å². The molecule has 2 aromatic carbocycles. The van der Waals surface area contributed by atoms with E-state index in [1.54, 1.807) is 12.1 Å². The molecule has 0 amide bonds. The molecular weight excluding hydrogens is 273 g/mol. The fraction of sp³-hybridized carbons (Fsp3) is 0.294. The van der Waals surface area contributed by atoms with Crippen molar-refractivity contribution >= 4 is 11.6 Å². The van der Waals surface area contributed by atoms with Gasteiger partial charge >= 0.3 is 0 Å². The smallest absolute Gasteiger partial charge is 0.123 e. The molecule has 0 saturated heterocycles. The first kappa shape index (κ1) is 15.0. The van der Waals surface area contributed by atoms with Gasteiger partial charge in [0.2, 0.25) is 0 Å². The SMILES string of the molecule is CCC(N[C@@H](C)c1ccccc1Cl)c1cccc(F)c1. The summed E-state index contributed by atoms with van der Waals surface area (Å²) in [5, 5.41) is 4.27. The molecule has 1 nitrogen and oxygen atoms in total. The second-order valence-corrected chi connectivity index (χ2v) is 5.33. The Morgan fingerprint density at radius 3 is 2.55 bits per heavy atom. The fourth-order valence-corrected chi connectivity index (χ4v) is 2.69. The van der Waals surface area contributed by atoms with Crippen molar-refractivity contribution in [1.29, 1.82) is 0 Å². The summed E-state index contributed by atoms with van der Waals surface area (Å²) in [5.74, 6) is -0.201. The highest BCUT2D eigenvalue weighted by Crippen LogP contribution is 2.26. The Balaban J connectivity index is 2.16. The van der Waals surface area contributed by atoms with Crippen molar-refractivity contribution in [3.8, 4) is 0 Å². The van der Waals surface area contributed by atoms with Gasteiger partial charge < -0.3 is 5.32 Å². The summed E-state index contributed by atoms with van der Waals surface area (Å²) in [6, 6.07) is 14.8. The number of benzene rings is 2. The number of hydrogen-bond acceptors (Lipinski definition) is 1. The van der Waals surface area contributed by atoms with Crippen molar-refractivity contribution in [2.24, 2.45) is 0 Å². The first-order chi connectivity index (χ1) is 9.61. The Labute approximate surface area is 124 Å². The maximum atomic E-state index is 13.3. The second kappa shape index (κ2) is 6.87. The number of halogens is 2. The zero-order chi connectivity index (χ0) is 14.5. The number of hydrogen-bond donors (Lipinski definition) is 1. The predicted octanol–water partition coefficient (Wildman–Crippen LogP) is 5.28. The van der Waals surface area contributed by atoms with Crippen LogP contribution in [0.15, 0.2) is 48.5 Å². The van der Waals surface area contributed by atoms with Crippen LogP contribution in [-0.4, -0.2) is 0 Å². The molecule has 0 aliphatic rings. The molecular formula is C17H19ClFN. The van der Waals surface area contributed by atoms with E-state index in [0.29, 0.717) is 0 Å². The summed E-state index contributed by atoms with van der Waals surface area (Å²) in [5.41, 5.74) is 2.02. The molecule has 0 spiro atoms. The molecule has 0 heterocycles. The lowest BCUT2D eigenvalue weighted by atomic mass is 10.0. The highest BCUT2D eigenvalue weighted by atomic mass is 35.5. The van der Waals surface area contributed by atoms with Gasteiger partial charge in [-0.3, -0.25) is 0 Å². The van der Waals surface area contributed by atoms with Gasteiger partial charge in [-0.1, -0.05) is 48.9 Å². The van der Waals surface area contributed by atoms with E-state index >= 15 is 0 Å². The molecule has 0 saturated carbocycles. The van der Waals surface area contributed by atoms with Crippen LogP contribution in [0.5, 0.6) is 0 Å². The molecule has 1 N–H and O–H groups in total. The first-order valence-corrected chi connectivity index (χ1v) is 7.25. The number of rotatable bonds is 5. The topological polar surface area (TPSA) is 12.0 Å². The van der Waals surface area contributed by atoms with E-state index in [9.17, 15) is 4.39 Å². The predicted molar refractivity (Wildman–Crippen MR) is 82.4 cm³/mol. The van der Waals surface area contributed by atoms with Gasteiger partial charge in [0.15, 0.2) is 0 Å². The molecule has 2 rings (SSSR count). The van der Waals surface area contributed by atoms with E-state index in [4.69, 9.17) is 11.6 Å². The third-order valence-electron chi connectivity index (χ3n) is 3.48. The maximum absolute atomic E-state index is 13.3. The Hall–Kier alpha value is -1.38. The summed E-state index contributed by atoms with van der Waals surface area (Å²) < 4.78 is 13.3. The van der Waals surface area contributed by atoms with Gasteiger partial charge in [-0.25, -0.2) is 4.39 Å². The Morgan fingerprint density at radius 1 is 1.15 bits per heavy atom. The Bertz CT molecular complexity index is 570. The van der Waals surface area contributed by atoms with Crippen LogP contribution in [0, 0.1) is 5.82 Å². The minimum atomic E-state index is -0.201. The van der Waals surface area contributed by atoms with E-state index in [2.05, 4.69) is 19.2 Å². The van der Waals surface area contributed by atoms with Gasteiger partial charge in [0.25, 0.3) is 0 Å². The molecule has 20 heavy (non-hydrogen) atoms. The minimum Gasteiger partial charge on any atom is -0.303 e. The summed E-state index contributed by atoms with van der Waals surface area (Å²) in [7, 11) is 0. The lowest BCUT2D eigenvalue weighted by Crippen LogP contribution is -2.24. The molecule has 0 aliphatic carbocycles.